The molecule has 5 aromatic heterocycles. The van der Waals surface area contributed by atoms with Crippen molar-refractivity contribution in [3.05, 3.63) is 260 Å². The van der Waals surface area contributed by atoms with Crippen LogP contribution >= 0.6 is 126 Å². The Kier molecular flexibility index (Phi) is 33.7. The number of hydrogen-bond donors (Lipinski definition) is 5. The summed E-state index contributed by atoms with van der Waals surface area (Å²) in [6, 6.07) is 37.8. The number of amides is 3. The number of nitrogens with one attached hydrogen (secondary N) is 4. The molecular formula is C67H75Cl4F2I4N14O6V-. The summed E-state index contributed by atoms with van der Waals surface area (Å²) in [7, 11) is 3.41. The Bertz CT molecular complexity index is 4130. The minimum absolute atomic E-state index is 0. The summed E-state index contributed by atoms with van der Waals surface area (Å²) in [5, 5.41) is 28.3. The average molecular weight is 1910 g/mol. The quantitative estimate of drug-likeness (QED) is 0.0411. The number of fused-ring (bicyclic) bond motifs is 2. The van der Waals surface area contributed by atoms with Crippen LogP contribution in [0.4, 0.5) is 29.7 Å². The number of aromatic amines is 1. The van der Waals surface area contributed by atoms with Gasteiger partial charge in [0.05, 0.1) is 28.5 Å². The van der Waals surface area contributed by atoms with Crippen molar-refractivity contribution in [2.75, 3.05) is 10.6 Å². The van der Waals surface area contributed by atoms with Gasteiger partial charge >= 0.3 is 92.5 Å². The maximum atomic E-state index is 13.4. The fourth-order valence-corrected chi connectivity index (χ4v) is 11.9. The van der Waals surface area contributed by atoms with Crippen LogP contribution in [0.3, 0.4) is 0 Å². The van der Waals surface area contributed by atoms with Gasteiger partial charge in [-0.05, 0) is 103 Å². The van der Waals surface area contributed by atoms with Crippen LogP contribution in [-0.4, -0.2) is 73.1 Å². The van der Waals surface area contributed by atoms with E-state index in [9.17, 15) is 28.0 Å². The van der Waals surface area contributed by atoms with Gasteiger partial charge in [-0.3, -0.25) is 9.59 Å². The minimum atomic E-state index is -0.995. The molecule has 525 valence electrons. The molecule has 0 bridgehead atoms. The summed E-state index contributed by atoms with van der Waals surface area (Å²) in [5.74, 6) is -1.83. The van der Waals surface area contributed by atoms with E-state index in [2.05, 4.69) is 158 Å². The Hall–Kier alpha value is -5.69. The van der Waals surface area contributed by atoms with E-state index in [1.807, 2.05) is 54.6 Å². The van der Waals surface area contributed by atoms with Crippen LogP contribution in [0.5, 0.6) is 0 Å². The molecule has 0 spiro atoms. The Morgan fingerprint density at radius 3 is 1.60 bits per heavy atom. The van der Waals surface area contributed by atoms with E-state index in [0.717, 1.165) is 59.1 Å². The first kappa shape index (κ1) is 84.7. The van der Waals surface area contributed by atoms with Crippen molar-refractivity contribution in [3.63, 3.8) is 0 Å². The number of benzene rings is 5. The van der Waals surface area contributed by atoms with E-state index < -0.39 is 41.7 Å². The van der Waals surface area contributed by atoms with E-state index >= 15 is 0 Å². The first-order valence-corrected chi connectivity index (χ1v) is 47.8. The molecule has 0 saturated heterocycles. The summed E-state index contributed by atoms with van der Waals surface area (Å²) in [6.45, 7) is -0.0379. The zero-order valence-electron chi connectivity index (χ0n) is 50.1. The van der Waals surface area contributed by atoms with Gasteiger partial charge in [0.1, 0.15) is 64.3 Å². The SMILES string of the molecule is C.C.C.C.Cn1c(Cl)c2c(c1C(=O)Nc1ccc(F)c(Cl)c1)CCCC2N.Cn1c(Cl)c2c(c1C(=O)Nc1ccc(F)c(Cl)c1)CCCC2NC(=O)OCc1cn[nH]n1.O=C(OCc1cnn(C(c2ccccc2)(c2ccccc2)c2ccccc2)n1)n1ccnc1.[CH3-].[I][V]([I])([I])[I]. The molecule has 0 saturated carbocycles. The molecule has 2 aliphatic rings. The molecule has 31 heteroatoms. The molecule has 2 atom stereocenters. The molecule has 3 amide bonds. The van der Waals surface area contributed by atoms with Gasteiger partial charge in [-0.1, -0.05) is 167 Å². The third kappa shape index (κ3) is 21.0. The Morgan fingerprint density at radius 1 is 0.673 bits per heavy atom. The van der Waals surface area contributed by atoms with E-state index in [1.54, 1.807) is 34.2 Å². The Morgan fingerprint density at radius 2 is 1.14 bits per heavy atom. The van der Waals surface area contributed by atoms with Crippen LogP contribution in [0.1, 0.15) is 139 Å². The van der Waals surface area contributed by atoms with E-state index in [-0.39, 0.29) is 72.3 Å². The van der Waals surface area contributed by atoms with Gasteiger partial charge in [-0.15, -0.1) is 0 Å². The molecule has 10 aromatic rings. The number of anilines is 2. The van der Waals surface area contributed by atoms with Crippen molar-refractivity contribution in [2.24, 2.45) is 19.8 Å². The number of carbonyl (C=O) groups is 4. The third-order valence-corrected chi connectivity index (χ3v) is 16.4. The number of halogens is 10. The molecular weight excluding hydrogens is 1840 g/mol. The summed E-state index contributed by atoms with van der Waals surface area (Å²) >= 11 is 34.5. The van der Waals surface area contributed by atoms with Crippen LogP contribution in [0, 0.1) is 19.1 Å². The number of hydrogen-bond acceptors (Lipinski definition) is 12. The van der Waals surface area contributed by atoms with Gasteiger partial charge < -0.3 is 47.7 Å². The second-order valence-corrected chi connectivity index (χ2v) is 93.1. The zero-order chi connectivity index (χ0) is 66.6. The number of aromatic nitrogens is 10. The van der Waals surface area contributed by atoms with Crippen molar-refractivity contribution in [2.45, 2.75) is 99.1 Å². The summed E-state index contributed by atoms with van der Waals surface area (Å²) in [5.41, 5.74) is 14.2. The Labute approximate surface area is 636 Å². The van der Waals surface area contributed by atoms with Crippen LogP contribution in [0.2, 0.25) is 20.4 Å². The first-order chi connectivity index (χ1) is 44.5. The van der Waals surface area contributed by atoms with Gasteiger partial charge in [0, 0.05) is 55.0 Å². The molecule has 6 N–H and O–H groups in total. The number of nitrogens with two attached hydrogens (primary N) is 1. The number of imidazole rings is 1. The second kappa shape index (κ2) is 38.9. The summed E-state index contributed by atoms with van der Waals surface area (Å²) in [6.07, 6.45) is 10.9. The second-order valence-electron chi connectivity index (χ2n) is 20.8. The molecule has 20 nitrogen and oxygen atoms in total. The molecule has 2 aliphatic carbocycles. The topological polar surface area (TPSA) is 249 Å². The van der Waals surface area contributed by atoms with E-state index in [1.165, 1.54) is 65.9 Å². The van der Waals surface area contributed by atoms with Gasteiger partial charge in [-0.25, -0.2) is 27.9 Å². The monoisotopic (exact) mass is 1910 g/mol. The fourth-order valence-electron chi connectivity index (χ4n) is 10.8. The van der Waals surface area contributed by atoms with Gasteiger partial charge in [0.2, 0.25) is 0 Å². The van der Waals surface area contributed by atoms with E-state index in [0.29, 0.717) is 62.9 Å². The average Bonchev–Trinajstić information content (AvgIpc) is 1.03. The molecule has 5 aromatic carbocycles. The van der Waals surface area contributed by atoms with Crippen LogP contribution in [0.15, 0.2) is 159 Å². The molecule has 5 heterocycles. The van der Waals surface area contributed by atoms with Crippen molar-refractivity contribution >= 4 is 162 Å². The normalized spacial score (nSPS) is 13.4. The van der Waals surface area contributed by atoms with Crippen LogP contribution in [0.25, 0.3) is 0 Å². The van der Waals surface area contributed by atoms with Gasteiger partial charge in [0.25, 0.3) is 11.8 Å². The maximum absolute atomic E-state index is 13.4. The predicted molar refractivity (Wildman–Crippen MR) is 417 cm³/mol. The molecule has 2 unspecified atom stereocenters. The number of H-pyrrole nitrogens is 1. The third-order valence-electron chi connectivity index (χ3n) is 14.9. The van der Waals surface area contributed by atoms with E-state index in [4.69, 9.17) is 66.7 Å². The Balaban J connectivity index is 0.000000298. The zero-order valence-corrected chi connectivity index (χ0v) is 63.2. The number of ether oxygens (including phenoxy) is 2. The van der Waals surface area contributed by atoms with Gasteiger partial charge in [-0.2, -0.15) is 30.4 Å². The number of alkyl carbamates (subject to hydrolysis) is 1. The molecule has 0 fully saturated rings. The fraction of sp³-hybridized carbons (Fsp3) is 0.254. The number of carbonyl (C=O) groups excluding carboxylic acids is 4. The summed E-state index contributed by atoms with van der Waals surface area (Å²) in [4.78, 5) is 55.7. The summed E-state index contributed by atoms with van der Waals surface area (Å²) < 4.78 is 40.7. The first-order valence-electron chi connectivity index (χ1n) is 28.2. The molecule has 0 radical (unpaired) electrons. The van der Waals surface area contributed by atoms with Crippen molar-refractivity contribution in [3.8, 4) is 0 Å². The van der Waals surface area contributed by atoms with Gasteiger partial charge in [0.15, 0.2) is 5.54 Å². The molecule has 98 heavy (non-hydrogen) atoms. The molecule has 12 rings (SSSR count). The van der Waals surface area contributed by atoms with Crippen LogP contribution in [-0.2, 0) is 55.5 Å². The van der Waals surface area contributed by atoms with Crippen molar-refractivity contribution in [1.29, 1.82) is 0 Å². The van der Waals surface area contributed by atoms with Crippen LogP contribution < -0.4 is 21.7 Å². The predicted octanol–water partition coefficient (Wildman–Crippen LogP) is 19.2. The van der Waals surface area contributed by atoms with Crippen molar-refractivity contribution in [1.82, 2.24) is 54.4 Å². The van der Waals surface area contributed by atoms with Crippen molar-refractivity contribution < 1.29 is 37.8 Å². The molecule has 0 aliphatic heterocycles. The standard InChI is InChI=1S/C26H21N5O2.C20H19Cl2FN6O3.C16H16Cl2FN3O.4CH4.CH3.4HI.V/c32-25(30-17-16-27-20-30)33-19-24-18-28-31(29-24)26(21-10-4-1-5-11-21,22-12-6-2-7-13-22)23-14-8-3-9-15-23;1-29-17(19(30)25-10-5-6-14(23)13(21)7-10)12-3-2-4-15(16(12)18(29)22)26-20(31)32-9-11-8-24-28-27-11;1-22-14(9-3-2-4-12(20)13(9)15(22)18)16(23)21-8-5-6-11(19)10(17)7-8;;;;;;;;;;/h1-18,20H,19H2;5-8,15H,2-4,9H2,1H3,(H,25,30)(H,26,31)(H,24,27,28);5-7,12H,2-4,20H2,1H3,(H,21,23);4*1H4;1H3;4*1H;/q;;;;;;;-1;;;;;+4/p-4. The number of nitrogens with zero attached hydrogens (tertiary/aromatic N) is 9. The number of rotatable bonds is 13.